The van der Waals surface area contributed by atoms with E-state index in [-0.39, 0.29) is 36.4 Å². The molecule has 0 unspecified atom stereocenters. The number of halogens is 3. The number of piperazine rings is 1. The van der Waals surface area contributed by atoms with Crippen molar-refractivity contribution in [3.05, 3.63) is 29.3 Å². The van der Waals surface area contributed by atoms with E-state index in [1.807, 2.05) is 18.2 Å². The largest absolute Gasteiger partial charge is 0.369 e. The molecule has 1 heterocycles. The first kappa shape index (κ1) is 25.7. The second-order valence-electron chi connectivity index (χ2n) is 10.2. The van der Waals surface area contributed by atoms with Crippen LogP contribution in [0.15, 0.2) is 24.3 Å². The molecule has 6 rings (SSSR count). The van der Waals surface area contributed by atoms with Gasteiger partial charge in [-0.05, 0) is 87.4 Å². The maximum absolute atomic E-state index is 12.6. The van der Waals surface area contributed by atoms with Crippen molar-refractivity contribution in [1.82, 2.24) is 15.5 Å². The van der Waals surface area contributed by atoms with Gasteiger partial charge in [-0.2, -0.15) is 0 Å². The van der Waals surface area contributed by atoms with Crippen LogP contribution in [0.25, 0.3) is 0 Å². The maximum Gasteiger partial charge on any atom is 0.315 e. The summed E-state index contributed by atoms with van der Waals surface area (Å²) in [6.45, 7) is 5.98. The Hall–Kier alpha value is -0.880. The van der Waals surface area contributed by atoms with Gasteiger partial charge in [0, 0.05) is 49.0 Å². The van der Waals surface area contributed by atoms with Gasteiger partial charge >= 0.3 is 6.03 Å². The Labute approximate surface area is 209 Å². The summed E-state index contributed by atoms with van der Waals surface area (Å²) in [6, 6.07) is 8.18. The number of rotatable bonds is 6. The number of nitrogens with zero attached hydrogens (tertiary/aromatic N) is 2. The van der Waals surface area contributed by atoms with Crippen molar-refractivity contribution >= 4 is 48.1 Å². The maximum atomic E-state index is 12.6. The summed E-state index contributed by atoms with van der Waals surface area (Å²) in [5, 5.41) is 7.35. The van der Waals surface area contributed by atoms with Gasteiger partial charge in [-0.3, -0.25) is 4.90 Å². The highest BCUT2D eigenvalue weighted by atomic mass is 35.5. The molecule has 1 aromatic carbocycles. The van der Waals surface area contributed by atoms with Gasteiger partial charge in [0.25, 0.3) is 0 Å². The van der Waals surface area contributed by atoms with E-state index in [0.717, 1.165) is 68.5 Å². The molecule has 0 atom stereocenters. The molecule has 0 aromatic heterocycles. The molecular formula is C24H37Cl3N4O. The zero-order chi connectivity index (χ0) is 20.6. The van der Waals surface area contributed by atoms with Crippen LogP contribution in [0.1, 0.15) is 44.9 Å². The summed E-state index contributed by atoms with van der Waals surface area (Å²) < 4.78 is 0. The van der Waals surface area contributed by atoms with Crippen LogP contribution in [0.3, 0.4) is 0 Å². The number of hydrogen-bond acceptors (Lipinski definition) is 3. The lowest BCUT2D eigenvalue weighted by Crippen LogP contribution is -2.61. The van der Waals surface area contributed by atoms with Gasteiger partial charge in [-0.1, -0.05) is 17.7 Å². The Kier molecular flexibility index (Phi) is 8.87. The van der Waals surface area contributed by atoms with Crippen LogP contribution in [-0.4, -0.2) is 55.7 Å². The van der Waals surface area contributed by atoms with Gasteiger partial charge in [0.15, 0.2) is 0 Å². The molecule has 4 aliphatic carbocycles. The molecule has 5 aliphatic rings. The van der Waals surface area contributed by atoms with Gasteiger partial charge in [-0.15, -0.1) is 24.8 Å². The summed E-state index contributed by atoms with van der Waals surface area (Å²) in [5.41, 5.74) is 1.32. The van der Waals surface area contributed by atoms with Crippen molar-refractivity contribution in [3.63, 3.8) is 0 Å². The molecule has 4 saturated carbocycles. The molecule has 0 spiro atoms. The lowest BCUT2D eigenvalue weighted by Gasteiger charge is -2.56. The molecule has 1 aromatic rings. The molecule has 5 fully saturated rings. The van der Waals surface area contributed by atoms with Gasteiger partial charge in [-0.25, -0.2) is 4.79 Å². The summed E-state index contributed by atoms with van der Waals surface area (Å²) in [7, 11) is 0. The topological polar surface area (TPSA) is 47.6 Å². The molecule has 2 N–H and O–H groups in total. The Morgan fingerprint density at radius 3 is 2.22 bits per heavy atom. The van der Waals surface area contributed by atoms with E-state index in [0.29, 0.717) is 0 Å². The van der Waals surface area contributed by atoms with E-state index >= 15 is 0 Å². The minimum absolute atomic E-state index is 0. The number of urea groups is 1. The lowest BCUT2D eigenvalue weighted by atomic mass is 9.53. The molecular weight excluding hydrogens is 467 g/mol. The molecule has 32 heavy (non-hydrogen) atoms. The van der Waals surface area contributed by atoms with Crippen molar-refractivity contribution in [1.29, 1.82) is 0 Å². The second-order valence-corrected chi connectivity index (χ2v) is 10.7. The standard InChI is InChI=1S/C24H35ClN4O.2ClH/c25-21-3-1-4-22(14-21)29-9-7-28(8-10-29)6-2-5-26-23(30)27-24-15-18-11-19(16-24)13-20(12-18)17-24;;/h1,3-4,14,18-20H,2,5-13,15-17H2,(H2,26,27,30);2*1H. The van der Waals surface area contributed by atoms with Crippen molar-refractivity contribution in [2.24, 2.45) is 17.8 Å². The van der Waals surface area contributed by atoms with Crippen LogP contribution >= 0.6 is 36.4 Å². The summed E-state index contributed by atoms with van der Waals surface area (Å²) in [4.78, 5) is 17.5. The highest BCUT2D eigenvalue weighted by Crippen LogP contribution is 2.55. The van der Waals surface area contributed by atoms with Gasteiger partial charge in [0.2, 0.25) is 0 Å². The number of carbonyl (C=O) groups excluding carboxylic acids is 1. The van der Waals surface area contributed by atoms with Crippen LogP contribution < -0.4 is 15.5 Å². The molecule has 8 heteroatoms. The first-order chi connectivity index (χ1) is 14.6. The van der Waals surface area contributed by atoms with Crippen LogP contribution in [0.5, 0.6) is 0 Å². The third-order valence-electron chi connectivity index (χ3n) is 7.90. The van der Waals surface area contributed by atoms with Crippen molar-refractivity contribution < 1.29 is 4.79 Å². The summed E-state index contributed by atoms with van der Waals surface area (Å²) in [5.74, 6) is 2.59. The van der Waals surface area contributed by atoms with Gasteiger partial charge in [0.05, 0.1) is 0 Å². The van der Waals surface area contributed by atoms with Crippen molar-refractivity contribution in [2.45, 2.75) is 50.5 Å². The van der Waals surface area contributed by atoms with E-state index in [2.05, 4.69) is 26.5 Å². The SMILES string of the molecule is Cl.Cl.O=C(NCCCN1CCN(c2cccc(Cl)c2)CC1)NC12CC3CC(CC(C3)C1)C2. The fourth-order valence-electron chi connectivity index (χ4n) is 6.96. The summed E-state index contributed by atoms with van der Waals surface area (Å²) >= 11 is 6.12. The molecule has 180 valence electrons. The first-order valence-corrected chi connectivity index (χ1v) is 12.2. The monoisotopic (exact) mass is 502 g/mol. The average molecular weight is 504 g/mol. The van der Waals surface area contributed by atoms with E-state index in [4.69, 9.17) is 11.6 Å². The Morgan fingerprint density at radius 1 is 1.00 bits per heavy atom. The fourth-order valence-corrected chi connectivity index (χ4v) is 7.14. The fraction of sp³-hybridized carbons (Fsp3) is 0.708. The minimum Gasteiger partial charge on any atom is -0.369 e. The Balaban J connectivity index is 0.00000144. The molecule has 4 bridgehead atoms. The highest BCUT2D eigenvalue weighted by Gasteiger charge is 2.51. The predicted molar refractivity (Wildman–Crippen MR) is 137 cm³/mol. The number of benzene rings is 1. The first-order valence-electron chi connectivity index (χ1n) is 11.9. The number of amides is 2. The minimum atomic E-state index is 0. The van der Waals surface area contributed by atoms with Crippen LogP contribution in [0.2, 0.25) is 5.02 Å². The van der Waals surface area contributed by atoms with Crippen LogP contribution in [-0.2, 0) is 0 Å². The zero-order valence-corrected chi connectivity index (χ0v) is 21.1. The third-order valence-corrected chi connectivity index (χ3v) is 8.13. The molecule has 2 amide bonds. The predicted octanol–water partition coefficient (Wildman–Crippen LogP) is 4.96. The number of nitrogens with one attached hydrogen (secondary N) is 2. The molecule has 1 aliphatic heterocycles. The number of carbonyl (C=O) groups is 1. The highest BCUT2D eigenvalue weighted by molar-refractivity contribution is 6.30. The third kappa shape index (κ3) is 5.97. The lowest BCUT2D eigenvalue weighted by molar-refractivity contribution is -0.0135. The van der Waals surface area contributed by atoms with E-state index in [1.165, 1.54) is 44.2 Å². The van der Waals surface area contributed by atoms with E-state index < -0.39 is 0 Å². The Morgan fingerprint density at radius 2 is 1.62 bits per heavy atom. The van der Waals surface area contributed by atoms with E-state index in [1.54, 1.807) is 0 Å². The van der Waals surface area contributed by atoms with Crippen molar-refractivity contribution in [2.75, 3.05) is 44.2 Å². The molecule has 0 radical (unpaired) electrons. The molecule has 1 saturated heterocycles. The number of hydrogen-bond donors (Lipinski definition) is 2. The number of anilines is 1. The van der Waals surface area contributed by atoms with Gasteiger partial charge < -0.3 is 15.5 Å². The van der Waals surface area contributed by atoms with Crippen molar-refractivity contribution in [3.8, 4) is 0 Å². The average Bonchev–Trinajstić information content (AvgIpc) is 2.70. The Bertz CT molecular complexity index is 734. The zero-order valence-electron chi connectivity index (χ0n) is 18.7. The van der Waals surface area contributed by atoms with E-state index in [9.17, 15) is 4.79 Å². The van der Waals surface area contributed by atoms with Gasteiger partial charge in [0.1, 0.15) is 0 Å². The smallest absolute Gasteiger partial charge is 0.315 e. The van der Waals surface area contributed by atoms with Crippen LogP contribution in [0.4, 0.5) is 10.5 Å². The second kappa shape index (κ2) is 11.0. The normalized spacial score (nSPS) is 30.9. The quantitative estimate of drug-likeness (QED) is 0.539. The van der Waals surface area contributed by atoms with Crippen LogP contribution in [0, 0.1) is 17.8 Å². The molecule has 5 nitrogen and oxygen atoms in total. The summed E-state index contributed by atoms with van der Waals surface area (Å²) in [6.07, 6.45) is 8.87.